The van der Waals surface area contributed by atoms with Gasteiger partial charge in [-0.15, -0.1) is 0 Å². The Hall–Kier alpha value is -2.66. The third-order valence-electron chi connectivity index (χ3n) is 4.49. The van der Waals surface area contributed by atoms with Crippen molar-refractivity contribution in [3.05, 3.63) is 65.2 Å². The van der Waals surface area contributed by atoms with Crippen LogP contribution < -0.4 is 5.32 Å². The van der Waals surface area contributed by atoms with Gasteiger partial charge < -0.3 is 15.1 Å². The summed E-state index contributed by atoms with van der Waals surface area (Å²) in [4.78, 5) is 28.8. The Labute approximate surface area is 148 Å². The number of nitrogens with zero attached hydrogens (tertiary/aromatic N) is 2. The number of likely N-dealkylation sites (N-methyl/N-ethyl adjacent to an activating group) is 1. The van der Waals surface area contributed by atoms with Crippen molar-refractivity contribution in [1.29, 1.82) is 0 Å². The molecule has 0 aliphatic carbocycles. The van der Waals surface area contributed by atoms with E-state index in [0.29, 0.717) is 16.8 Å². The number of anilines is 1. The van der Waals surface area contributed by atoms with E-state index in [1.807, 2.05) is 24.0 Å². The summed E-state index contributed by atoms with van der Waals surface area (Å²) in [6, 6.07) is 14.5. The Balaban J connectivity index is 1.63. The van der Waals surface area contributed by atoms with Crippen LogP contribution in [0.2, 0.25) is 0 Å². The van der Waals surface area contributed by atoms with Crippen molar-refractivity contribution < 1.29 is 9.59 Å². The summed E-state index contributed by atoms with van der Waals surface area (Å²) in [5, 5.41) is 2.86. The monoisotopic (exact) mass is 337 g/mol. The molecule has 1 saturated heterocycles. The van der Waals surface area contributed by atoms with E-state index in [4.69, 9.17) is 0 Å². The topological polar surface area (TPSA) is 52.7 Å². The van der Waals surface area contributed by atoms with Crippen molar-refractivity contribution in [3.63, 3.8) is 0 Å². The number of hydrogen-bond donors (Lipinski definition) is 1. The number of carbonyl (C=O) groups excluding carboxylic acids is 2. The van der Waals surface area contributed by atoms with Crippen molar-refractivity contribution in [1.82, 2.24) is 9.80 Å². The predicted octanol–water partition coefficient (Wildman–Crippen LogP) is 2.63. The first kappa shape index (κ1) is 17.2. The van der Waals surface area contributed by atoms with E-state index in [2.05, 4.69) is 17.3 Å². The van der Waals surface area contributed by atoms with Crippen LogP contribution in [0.5, 0.6) is 0 Å². The molecule has 0 spiro atoms. The molecule has 3 rings (SSSR count). The molecule has 1 fully saturated rings. The molecule has 1 N–H and O–H groups in total. The van der Waals surface area contributed by atoms with E-state index < -0.39 is 0 Å². The molecule has 0 aromatic heterocycles. The highest BCUT2D eigenvalue weighted by atomic mass is 16.2. The molecule has 2 aromatic rings. The van der Waals surface area contributed by atoms with Crippen molar-refractivity contribution >= 4 is 17.5 Å². The Morgan fingerprint density at radius 2 is 1.40 bits per heavy atom. The van der Waals surface area contributed by atoms with Crippen LogP contribution in [-0.4, -0.2) is 54.8 Å². The van der Waals surface area contributed by atoms with Crippen LogP contribution in [0.4, 0.5) is 5.69 Å². The lowest BCUT2D eigenvalue weighted by Gasteiger charge is -2.32. The van der Waals surface area contributed by atoms with Gasteiger partial charge >= 0.3 is 0 Å². The van der Waals surface area contributed by atoms with Crippen LogP contribution in [-0.2, 0) is 0 Å². The SMILES string of the molecule is Cc1ccc(C(=O)Nc2ccc(C(=O)N3CCN(C)CC3)cc2)cc1. The van der Waals surface area contributed by atoms with Gasteiger partial charge in [0.2, 0.25) is 0 Å². The molecule has 5 heteroatoms. The third kappa shape index (κ3) is 4.25. The largest absolute Gasteiger partial charge is 0.336 e. The van der Waals surface area contributed by atoms with E-state index in [9.17, 15) is 9.59 Å². The normalized spacial score (nSPS) is 15.0. The van der Waals surface area contributed by atoms with Gasteiger partial charge in [-0.2, -0.15) is 0 Å². The second kappa shape index (κ2) is 7.49. The molecule has 2 aromatic carbocycles. The van der Waals surface area contributed by atoms with Crippen molar-refractivity contribution in [2.45, 2.75) is 6.92 Å². The zero-order chi connectivity index (χ0) is 17.8. The van der Waals surface area contributed by atoms with E-state index in [1.54, 1.807) is 36.4 Å². The molecule has 0 atom stereocenters. The highest BCUT2D eigenvalue weighted by Crippen LogP contribution is 2.14. The molecule has 5 nitrogen and oxygen atoms in total. The number of hydrogen-bond acceptors (Lipinski definition) is 3. The van der Waals surface area contributed by atoms with Crippen LogP contribution in [0.3, 0.4) is 0 Å². The van der Waals surface area contributed by atoms with Crippen LogP contribution in [0.25, 0.3) is 0 Å². The molecular weight excluding hydrogens is 314 g/mol. The van der Waals surface area contributed by atoms with Crippen LogP contribution in [0, 0.1) is 6.92 Å². The highest BCUT2D eigenvalue weighted by molar-refractivity contribution is 6.04. The molecule has 0 unspecified atom stereocenters. The van der Waals surface area contributed by atoms with Gasteiger partial charge in [0.25, 0.3) is 11.8 Å². The fourth-order valence-electron chi connectivity index (χ4n) is 2.80. The average Bonchev–Trinajstić information content (AvgIpc) is 2.63. The summed E-state index contributed by atoms with van der Waals surface area (Å²) < 4.78 is 0. The zero-order valence-electron chi connectivity index (χ0n) is 14.7. The van der Waals surface area contributed by atoms with Gasteiger partial charge in [-0.05, 0) is 50.4 Å². The zero-order valence-corrected chi connectivity index (χ0v) is 14.7. The number of amides is 2. The van der Waals surface area contributed by atoms with Gasteiger partial charge in [0, 0.05) is 43.0 Å². The van der Waals surface area contributed by atoms with Crippen molar-refractivity contribution in [2.24, 2.45) is 0 Å². The van der Waals surface area contributed by atoms with Crippen LogP contribution >= 0.6 is 0 Å². The number of rotatable bonds is 3. The number of benzene rings is 2. The molecule has 25 heavy (non-hydrogen) atoms. The maximum Gasteiger partial charge on any atom is 0.255 e. The Bertz CT molecular complexity index is 746. The molecule has 1 aliphatic heterocycles. The Morgan fingerprint density at radius 3 is 2.00 bits per heavy atom. The van der Waals surface area contributed by atoms with Gasteiger partial charge in [0.05, 0.1) is 0 Å². The molecular formula is C20H23N3O2. The second-order valence-electron chi connectivity index (χ2n) is 6.49. The molecule has 0 saturated carbocycles. The first-order chi connectivity index (χ1) is 12.0. The van der Waals surface area contributed by atoms with Crippen molar-refractivity contribution in [3.8, 4) is 0 Å². The Morgan fingerprint density at radius 1 is 0.840 bits per heavy atom. The second-order valence-corrected chi connectivity index (χ2v) is 6.49. The number of carbonyl (C=O) groups is 2. The molecule has 130 valence electrons. The maximum absolute atomic E-state index is 12.5. The summed E-state index contributed by atoms with van der Waals surface area (Å²) in [6.45, 7) is 5.28. The lowest BCUT2D eigenvalue weighted by Crippen LogP contribution is -2.47. The smallest absolute Gasteiger partial charge is 0.255 e. The first-order valence-corrected chi connectivity index (χ1v) is 8.49. The van der Waals surface area contributed by atoms with Gasteiger partial charge in [-0.25, -0.2) is 0 Å². The Kier molecular flexibility index (Phi) is 5.14. The van der Waals surface area contributed by atoms with Gasteiger partial charge in [-0.1, -0.05) is 17.7 Å². The molecule has 0 bridgehead atoms. The van der Waals surface area contributed by atoms with Gasteiger partial charge in [-0.3, -0.25) is 9.59 Å². The number of piperazine rings is 1. The van der Waals surface area contributed by atoms with Crippen LogP contribution in [0.1, 0.15) is 26.3 Å². The molecule has 1 aliphatic rings. The van der Waals surface area contributed by atoms with Gasteiger partial charge in [0.15, 0.2) is 0 Å². The van der Waals surface area contributed by atoms with E-state index in [0.717, 1.165) is 31.7 Å². The standard InChI is InChI=1S/C20H23N3O2/c1-15-3-5-16(6-4-15)19(24)21-18-9-7-17(8-10-18)20(25)23-13-11-22(2)12-14-23/h3-10H,11-14H2,1-2H3,(H,21,24). The van der Waals surface area contributed by atoms with E-state index in [1.165, 1.54) is 0 Å². The quantitative estimate of drug-likeness (QED) is 0.937. The minimum Gasteiger partial charge on any atom is -0.336 e. The van der Waals surface area contributed by atoms with E-state index in [-0.39, 0.29) is 11.8 Å². The summed E-state index contributed by atoms with van der Waals surface area (Å²) in [6.07, 6.45) is 0. The lowest BCUT2D eigenvalue weighted by atomic mass is 10.1. The molecule has 1 heterocycles. The van der Waals surface area contributed by atoms with E-state index >= 15 is 0 Å². The van der Waals surface area contributed by atoms with Gasteiger partial charge in [0.1, 0.15) is 0 Å². The van der Waals surface area contributed by atoms with Crippen molar-refractivity contribution in [2.75, 3.05) is 38.5 Å². The summed E-state index contributed by atoms with van der Waals surface area (Å²) in [5.41, 5.74) is 3.06. The van der Waals surface area contributed by atoms with Crippen LogP contribution in [0.15, 0.2) is 48.5 Å². The summed E-state index contributed by atoms with van der Waals surface area (Å²) >= 11 is 0. The third-order valence-corrected chi connectivity index (χ3v) is 4.49. The number of nitrogens with one attached hydrogen (secondary N) is 1. The minimum atomic E-state index is -0.154. The molecule has 0 radical (unpaired) electrons. The summed E-state index contributed by atoms with van der Waals surface area (Å²) in [5.74, 6) is -0.109. The summed E-state index contributed by atoms with van der Waals surface area (Å²) in [7, 11) is 2.06. The fourth-order valence-corrected chi connectivity index (χ4v) is 2.80. The fraction of sp³-hybridized carbons (Fsp3) is 0.300. The number of aryl methyl sites for hydroxylation is 1. The predicted molar refractivity (Wildman–Crippen MR) is 99.0 cm³/mol. The minimum absolute atomic E-state index is 0.0458. The average molecular weight is 337 g/mol. The maximum atomic E-state index is 12.5. The first-order valence-electron chi connectivity index (χ1n) is 8.49. The lowest BCUT2D eigenvalue weighted by molar-refractivity contribution is 0.0664. The molecule has 2 amide bonds. The highest BCUT2D eigenvalue weighted by Gasteiger charge is 2.20.